The first-order valence-electron chi connectivity index (χ1n) is 6.59. The molecule has 1 N–H and O–H groups in total. The fourth-order valence-corrected chi connectivity index (χ4v) is 2.18. The smallest absolute Gasteiger partial charge is 0.407 e. The van der Waals surface area contributed by atoms with Crippen molar-refractivity contribution in [3.8, 4) is 5.88 Å². The fraction of sp³-hybridized carbons (Fsp3) is 0.615. The van der Waals surface area contributed by atoms with Crippen molar-refractivity contribution in [1.82, 2.24) is 15.3 Å². The van der Waals surface area contributed by atoms with Gasteiger partial charge < -0.3 is 19.7 Å². The number of nitrogens with zero attached hydrogens (tertiary/aromatic N) is 3. The Morgan fingerprint density at radius 1 is 1.48 bits per heavy atom. The Hall–Kier alpha value is -1.57. The summed E-state index contributed by atoms with van der Waals surface area (Å²) in [6, 6.07) is 0.0370. The van der Waals surface area contributed by atoms with E-state index in [0.29, 0.717) is 29.4 Å². The van der Waals surface area contributed by atoms with E-state index in [0.717, 1.165) is 0 Å². The second-order valence-electron chi connectivity index (χ2n) is 5.77. The maximum absolute atomic E-state index is 11.7. The number of carbonyl (C=O) groups is 1. The molecule has 1 aliphatic rings. The summed E-state index contributed by atoms with van der Waals surface area (Å²) in [6.45, 7) is 6.80. The Morgan fingerprint density at radius 3 is 2.71 bits per heavy atom. The lowest BCUT2D eigenvalue weighted by atomic mass is 10.1. The van der Waals surface area contributed by atoms with Gasteiger partial charge in [-0.3, -0.25) is 0 Å². The van der Waals surface area contributed by atoms with E-state index in [1.165, 1.54) is 0 Å². The number of anilines is 1. The lowest BCUT2D eigenvalue weighted by Crippen LogP contribution is -2.60. The van der Waals surface area contributed by atoms with Crippen LogP contribution in [-0.2, 0) is 4.74 Å². The molecule has 1 fully saturated rings. The van der Waals surface area contributed by atoms with Crippen LogP contribution >= 0.6 is 15.9 Å². The van der Waals surface area contributed by atoms with Gasteiger partial charge in [-0.2, -0.15) is 0 Å². The molecule has 1 amide bonds. The van der Waals surface area contributed by atoms with Crippen LogP contribution < -0.4 is 15.0 Å². The Balaban J connectivity index is 1.88. The summed E-state index contributed by atoms with van der Waals surface area (Å²) in [5.41, 5.74) is -0.492. The van der Waals surface area contributed by atoms with Gasteiger partial charge in [0.2, 0.25) is 0 Å². The van der Waals surface area contributed by atoms with E-state index in [1.807, 2.05) is 25.7 Å². The maximum atomic E-state index is 11.7. The van der Waals surface area contributed by atoms with Crippen LogP contribution in [0.4, 0.5) is 10.6 Å². The number of carbonyl (C=O) groups excluding carboxylic acids is 1. The number of nitrogens with one attached hydrogen (secondary N) is 1. The number of hydrogen-bond acceptors (Lipinski definition) is 6. The highest BCUT2D eigenvalue weighted by atomic mass is 79.9. The monoisotopic (exact) mass is 358 g/mol. The first-order chi connectivity index (χ1) is 9.78. The van der Waals surface area contributed by atoms with Gasteiger partial charge >= 0.3 is 6.09 Å². The molecule has 1 aromatic rings. The molecule has 0 aliphatic carbocycles. The van der Waals surface area contributed by atoms with Crippen LogP contribution in [0.25, 0.3) is 0 Å². The lowest BCUT2D eigenvalue weighted by molar-refractivity contribution is 0.0496. The zero-order chi connectivity index (χ0) is 15.6. The van der Waals surface area contributed by atoms with Crippen molar-refractivity contribution in [2.24, 2.45) is 0 Å². The summed E-state index contributed by atoms with van der Waals surface area (Å²) in [7, 11) is 1.55. The molecule has 1 aliphatic heterocycles. The molecule has 1 aromatic heterocycles. The minimum absolute atomic E-state index is 0.0370. The van der Waals surface area contributed by atoms with Gasteiger partial charge in [-0.1, -0.05) is 0 Å². The van der Waals surface area contributed by atoms with Crippen LogP contribution in [-0.4, -0.2) is 47.9 Å². The molecular formula is C13H19BrN4O3. The number of aromatic nitrogens is 2. The van der Waals surface area contributed by atoms with Gasteiger partial charge in [0.1, 0.15) is 10.2 Å². The van der Waals surface area contributed by atoms with E-state index in [1.54, 1.807) is 13.3 Å². The van der Waals surface area contributed by atoms with E-state index < -0.39 is 11.7 Å². The van der Waals surface area contributed by atoms with Crippen molar-refractivity contribution in [3.63, 3.8) is 0 Å². The SMILES string of the molecule is COc1nc(Br)cnc1N1CC(NC(=O)OC(C)(C)C)C1. The number of hydrogen-bond donors (Lipinski definition) is 1. The van der Waals surface area contributed by atoms with Crippen LogP contribution in [0.15, 0.2) is 10.8 Å². The average Bonchev–Trinajstić information content (AvgIpc) is 2.31. The van der Waals surface area contributed by atoms with E-state index in [2.05, 4.69) is 31.2 Å². The highest BCUT2D eigenvalue weighted by Gasteiger charge is 2.32. The minimum atomic E-state index is -0.492. The third-order valence-electron chi connectivity index (χ3n) is 2.79. The summed E-state index contributed by atoms with van der Waals surface area (Å²) >= 11 is 3.25. The fourth-order valence-electron chi connectivity index (χ4n) is 1.92. The number of methoxy groups -OCH3 is 1. The maximum Gasteiger partial charge on any atom is 0.407 e. The van der Waals surface area contributed by atoms with Crippen LogP contribution in [0.5, 0.6) is 5.88 Å². The van der Waals surface area contributed by atoms with Crippen LogP contribution in [0.2, 0.25) is 0 Å². The predicted molar refractivity (Wildman–Crippen MR) is 81.7 cm³/mol. The van der Waals surface area contributed by atoms with Crippen molar-refractivity contribution in [2.75, 3.05) is 25.1 Å². The third kappa shape index (κ3) is 4.20. The van der Waals surface area contributed by atoms with E-state index in [4.69, 9.17) is 9.47 Å². The number of ether oxygens (including phenoxy) is 2. The molecule has 0 radical (unpaired) electrons. The largest absolute Gasteiger partial charge is 0.478 e. The average molecular weight is 359 g/mol. The first kappa shape index (κ1) is 15.8. The molecule has 0 unspecified atom stereocenters. The molecule has 0 bridgehead atoms. The van der Waals surface area contributed by atoms with Gasteiger partial charge in [0.05, 0.1) is 19.3 Å². The molecular weight excluding hydrogens is 340 g/mol. The van der Waals surface area contributed by atoms with E-state index in [-0.39, 0.29) is 6.04 Å². The van der Waals surface area contributed by atoms with Crippen molar-refractivity contribution < 1.29 is 14.3 Å². The Bertz CT molecular complexity index is 527. The number of halogens is 1. The quantitative estimate of drug-likeness (QED) is 0.889. The molecule has 2 heterocycles. The van der Waals surface area contributed by atoms with Gasteiger partial charge in [-0.15, -0.1) is 0 Å². The topological polar surface area (TPSA) is 76.6 Å². The second kappa shape index (κ2) is 6.05. The minimum Gasteiger partial charge on any atom is -0.478 e. The summed E-state index contributed by atoms with van der Waals surface area (Å²) in [5.74, 6) is 1.13. The molecule has 116 valence electrons. The molecule has 0 aromatic carbocycles. The molecule has 0 atom stereocenters. The third-order valence-corrected chi connectivity index (χ3v) is 3.17. The summed E-state index contributed by atoms with van der Waals surface area (Å²) in [5, 5.41) is 2.82. The van der Waals surface area contributed by atoms with Crippen LogP contribution in [0.1, 0.15) is 20.8 Å². The molecule has 2 rings (SSSR count). The summed E-state index contributed by atoms with van der Waals surface area (Å²) in [6.07, 6.45) is 1.22. The van der Waals surface area contributed by atoms with E-state index >= 15 is 0 Å². The predicted octanol–water partition coefficient (Wildman–Crippen LogP) is 1.96. The molecule has 0 saturated carbocycles. The standard InChI is InChI=1S/C13H19BrN4O3/c1-13(2,3)21-12(19)16-8-6-18(7-8)10-11(20-4)17-9(14)5-15-10/h5,8H,6-7H2,1-4H3,(H,16,19). The van der Waals surface area contributed by atoms with Gasteiger partial charge in [-0.05, 0) is 36.7 Å². The van der Waals surface area contributed by atoms with Crippen LogP contribution in [0.3, 0.4) is 0 Å². The van der Waals surface area contributed by atoms with E-state index in [9.17, 15) is 4.79 Å². The molecule has 1 saturated heterocycles. The summed E-state index contributed by atoms with van der Waals surface area (Å²) < 4.78 is 11.0. The Kier molecular flexibility index (Phi) is 4.55. The molecule has 0 spiro atoms. The highest BCUT2D eigenvalue weighted by molar-refractivity contribution is 9.10. The van der Waals surface area contributed by atoms with Crippen molar-refractivity contribution in [2.45, 2.75) is 32.4 Å². The zero-order valence-electron chi connectivity index (χ0n) is 12.5. The number of amides is 1. The molecule has 7 nitrogen and oxygen atoms in total. The van der Waals surface area contributed by atoms with Crippen LogP contribution in [0, 0.1) is 0 Å². The Labute approximate surface area is 132 Å². The highest BCUT2D eigenvalue weighted by Crippen LogP contribution is 2.28. The molecule has 8 heteroatoms. The Morgan fingerprint density at radius 2 is 2.14 bits per heavy atom. The summed E-state index contributed by atoms with van der Waals surface area (Å²) in [4.78, 5) is 22.1. The van der Waals surface area contributed by atoms with Gasteiger partial charge in [0.15, 0.2) is 5.82 Å². The number of rotatable bonds is 3. The first-order valence-corrected chi connectivity index (χ1v) is 7.39. The van der Waals surface area contributed by atoms with Crippen molar-refractivity contribution in [1.29, 1.82) is 0 Å². The van der Waals surface area contributed by atoms with Gasteiger partial charge in [0.25, 0.3) is 5.88 Å². The second-order valence-corrected chi connectivity index (χ2v) is 6.59. The van der Waals surface area contributed by atoms with Gasteiger partial charge in [-0.25, -0.2) is 14.8 Å². The normalized spacial score (nSPS) is 15.4. The zero-order valence-corrected chi connectivity index (χ0v) is 14.1. The van der Waals surface area contributed by atoms with Crippen molar-refractivity contribution >= 4 is 27.8 Å². The van der Waals surface area contributed by atoms with Crippen molar-refractivity contribution in [3.05, 3.63) is 10.8 Å². The molecule has 21 heavy (non-hydrogen) atoms. The number of alkyl carbamates (subject to hydrolysis) is 1. The van der Waals surface area contributed by atoms with Gasteiger partial charge in [0, 0.05) is 13.1 Å². The lowest BCUT2D eigenvalue weighted by Gasteiger charge is -2.40.